The number of aromatic carboxylic acids is 1. The van der Waals surface area contributed by atoms with Crippen LogP contribution in [0.2, 0.25) is 0 Å². The van der Waals surface area contributed by atoms with Gasteiger partial charge in [-0.3, -0.25) is 4.98 Å². The van der Waals surface area contributed by atoms with Gasteiger partial charge in [0.1, 0.15) is 12.0 Å². The zero-order valence-corrected chi connectivity index (χ0v) is 16.3. The Morgan fingerprint density at radius 3 is 2.62 bits per heavy atom. The predicted molar refractivity (Wildman–Crippen MR) is 108 cm³/mol. The van der Waals surface area contributed by atoms with Gasteiger partial charge in [-0.25, -0.2) is 14.2 Å². The van der Waals surface area contributed by atoms with Gasteiger partial charge >= 0.3 is 5.97 Å². The number of carbonyl (C=O) groups is 1. The van der Waals surface area contributed by atoms with Crippen LogP contribution in [-0.4, -0.2) is 56.0 Å². The number of alkyl halides is 1. The van der Waals surface area contributed by atoms with E-state index < -0.39 is 12.1 Å². The van der Waals surface area contributed by atoms with Crippen LogP contribution >= 0.6 is 0 Å². The highest BCUT2D eigenvalue weighted by Crippen LogP contribution is 2.29. The fraction of sp³-hybridized carbons (Fsp3) is 0.500. The third kappa shape index (κ3) is 5.60. The maximum atomic E-state index is 13.6. The third-order valence-electron chi connectivity index (χ3n) is 5.04. The maximum Gasteiger partial charge on any atom is 0.337 e. The Morgan fingerprint density at radius 2 is 2.00 bits per heavy atom. The van der Waals surface area contributed by atoms with Crippen LogP contribution in [0.25, 0.3) is 11.3 Å². The number of carboxylic acid groups (broad SMARTS) is 1. The summed E-state index contributed by atoms with van der Waals surface area (Å²) >= 11 is 0. The van der Waals surface area contributed by atoms with Crippen molar-refractivity contribution in [2.75, 3.05) is 17.2 Å². The Hall–Kier alpha value is -2.81. The van der Waals surface area contributed by atoms with Crippen molar-refractivity contribution in [3.8, 4) is 11.3 Å². The van der Waals surface area contributed by atoms with E-state index in [0.29, 0.717) is 29.4 Å². The highest BCUT2D eigenvalue weighted by Gasteiger charge is 2.21. The third-order valence-corrected chi connectivity index (χ3v) is 5.04. The number of nitrogens with zero attached hydrogens (tertiary/aromatic N) is 3. The summed E-state index contributed by atoms with van der Waals surface area (Å²) in [5, 5.41) is 25.1. The Kier molecular flexibility index (Phi) is 6.92. The summed E-state index contributed by atoms with van der Waals surface area (Å²) in [6, 6.07) is 3.23. The lowest BCUT2D eigenvalue weighted by Crippen LogP contribution is -2.29. The van der Waals surface area contributed by atoms with E-state index >= 15 is 0 Å². The van der Waals surface area contributed by atoms with Gasteiger partial charge in [0, 0.05) is 25.0 Å². The number of hydrogen-bond acceptors (Lipinski definition) is 7. The quantitative estimate of drug-likeness (QED) is 0.531. The minimum absolute atomic E-state index is 0.0947. The first-order valence-electron chi connectivity index (χ1n) is 9.85. The lowest BCUT2D eigenvalue weighted by atomic mass is 9.93. The monoisotopic (exact) mass is 403 g/mol. The van der Waals surface area contributed by atoms with Gasteiger partial charge in [-0.2, -0.15) is 4.98 Å². The number of carboxylic acids is 1. The molecule has 0 amide bonds. The van der Waals surface area contributed by atoms with Gasteiger partial charge in [0.15, 0.2) is 0 Å². The molecule has 0 aromatic carbocycles. The second kappa shape index (κ2) is 9.60. The van der Waals surface area contributed by atoms with Gasteiger partial charge in [-0.1, -0.05) is 6.92 Å². The van der Waals surface area contributed by atoms with E-state index in [1.165, 1.54) is 12.3 Å². The normalized spacial score (nSPS) is 20.1. The molecule has 8 nitrogen and oxygen atoms in total. The summed E-state index contributed by atoms with van der Waals surface area (Å²) < 4.78 is 13.6. The van der Waals surface area contributed by atoms with E-state index in [4.69, 9.17) is 5.11 Å². The van der Waals surface area contributed by atoms with Crippen molar-refractivity contribution in [2.24, 2.45) is 0 Å². The number of halogens is 1. The van der Waals surface area contributed by atoms with E-state index in [2.05, 4.69) is 25.6 Å². The summed E-state index contributed by atoms with van der Waals surface area (Å²) in [5.41, 5.74) is 1.26. The fourth-order valence-electron chi connectivity index (χ4n) is 3.20. The maximum absolute atomic E-state index is 13.6. The molecule has 156 valence electrons. The number of hydrogen-bond donors (Lipinski definition) is 4. The molecule has 1 atom stereocenters. The molecule has 0 spiro atoms. The van der Waals surface area contributed by atoms with Crippen LogP contribution in [-0.2, 0) is 0 Å². The SMILES string of the molecule is CC[C@H](F)CNc1ncc(-c2ccc(C(=O)O)cn2)c(NC2CCC(O)CC2)n1. The van der Waals surface area contributed by atoms with E-state index in [1.54, 1.807) is 19.2 Å². The number of aliphatic hydroxyl groups excluding tert-OH is 1. The summed E-state index contributed by atoms with van der Waals surface area (Å²) in [6.45, 7) is 1.89. The first-order chi connectivity index (χ1) is 14.0. The molecule has 0 unspecified atom stereocenters. The Bertz CT molecular complexity index is 825. The average Bonchev–Trinajstić information content (AvgIpc) is 2.74. The summed E-state index contributed by atoms with van der Waals surface area (Å²) in [7, 11) is 0. The molecule has 1 aliphatic rings. The van der Waals surface area contributed by atoms with E-state index in [0.717, 1.165) is 25.7 Å². The first kappa shape index (κ1) is 20.9. The smallest absolute Gasteiger partial charge is 0.337 e. The Morgan fingerprint density at radius 1 is 1.24 bits per heavy atom. The molecule has 0 saturated heterocycles. The standard InChI is InChI=1S/C20H26FN5O3/c1-2-13(21)10-23-20-24-11-16(17-8-3-12(9-22-17)19(28)29)18(26-20)25-14-4-6-15(27)7-5-14/h3,8-9,11,13-15,27H,2,4-7,10H2,1H3,(H,28,29)(H2,23,24,25,26)/t13-,14?,15?/m0/s1. The molecule has 9 heteroatoms. The van der Waals surface area contributed by atoms with Gasteiger partial charge in [0.25, 0.3) is 0 Å². The van der Waals surface area contributed by atoms with Crippen molar-refractivity contribution in [1.29, 1.82) is 0 Å². The van der Waals surface area contributed by atoms with Gasteiger partial charge in [-0.05, 0) is 44.2 Å². The molecule has 4 N–H and O–H groups in total. The molecule has 3 rings (SSSR count). The number of pyridine rings is 1. The van der Waals surface area contributed by atoms with Crippen molar-refractivity contribution in [3.05, 3.63) is 30.1 Å². The number of aliphatic hydroxyl groups is 1. The zero-order chi connectivity index (χ0) is 20.8. The molecule has 2 aromatic rings. The molecule has 0 aliphatic heterocycles. The molecule has 1 saturated carbocycles. The molecule has 2 aromatic heterocycles. The highest BCUT2D eigenvalue weighted by molar-refractivity contribution is 5.87. The largest absolute Gasteiger partial charge is 0.478 e. The number of anilines is 2. The van der Waals surface area contributed by atoms with Crippen molar-refractivity contribution in [1.82, 2.24) is 15.0 Å². The van der Waals surface area contributed by atoms with Gasteiger partial charge in [-0.15, -0.1) is 0 Å². The molecule has 29 heavy (non-hydrogen) atoms. The van der Waals surface area contributed by atoms with Crippen LogP contribution in [0.1, 0.15) is 49.4 Å². The molecular formula is C20H26FN5O3. The zero-order valence-electron chi connectivity index (χ0n) is 16.3. The van der Waals surface area contributed by atoms with Gasteiger partial charge in [0.05, 0.1) is 22.9 Å². The average molecular weight is 403 g/mol. The van der Waals surface area contributed by atoms with Crippen LogP contribution in [0.3, 0.4) is 0 Å². The highest BCUT2D eigenvalue weighted by atomic mass is 19.1. The summed E-state index contributed by atoms with van der Waals surface area (Å²) in [6.07, 6.45) is 5.08. The number of rotatable bonds is 8. The van der Waals surface area contributed by atoms with E-state index in [-0.39, 0.29) is 24.3 Å². The van der Waals surface area contributed by atoms with Crippen molar-refractivity contribution in [3.63, 3.8) is 0 Å². The molecular weight excluding hydrogens is 377 g/mol. The van der Waals surface area contributed by atoms with Crippen molar-refractivity contribution < 1.29 is 19.4 Å². The second-order valence-corrected chi connectivity index (χ2v) is 7.23. The van der Waals surface area contributed by atoms with E-state index in [1.807, 2.05) is 0 Å². The van der Waals surface area contributed by atoms with Gasteiger partial charge < -0.3 is 20.8 Å². The molecule has 0 radical (unpaired) electrons. The summed E-state index contributed by atoms with van der Waals surface area (Å²) in [4.78, 5) is 24.1. The van der Waals surface area contributed by atoms with Crippen LogP contribution in [0.4, 0.5) is 16.2 Å². The van der Waals surface area contributed by atoms with Crippen molar-refractivity contribution in [2.45, 2.75) is 57.3 Å². The van der Waals surface area contributed by atoms with Crippen molar-refractivity contribution >= 4 is 17.7 Å². The van der Waals surface area contributed by atoms with Crippen LogP contribution in [0.15, 0.2) is 24.5 Å². The minimum atomic E-state index is -1.05. The molecule has 1 aliphatic carbocycles. The van der Waals surface area contributed by atoms with Crippen LogP contribution in [0, 0.1) is 0 Å². The number of nitrogens with one attached hydrogen (secondary N) is 2. The fourth-order valence-corrected chi connectivity index (χ4v) is 3.20. The van der Waals surface area contributed by atoms with Crippen LogP contribution in [0.5, 0.6) is 0 Å². The minimum Gasteiger partial charge on any atom is -0.478 e. The predicted octanol–water partition coefficient (Wildman–Crippen LogP) is 3.11. The molecule has 0 bridgehead atoms. The summed E-state index contributed by atoms with van der Waals surface area (Å²) in [5.74, 6) is -0.188. The Labute approximate surface area is 168 Å². The second-order valence-electron chi connectivity index (χ2n) is 7.23. The van der Waals surface area contributed by atoms with E-state index in [9.17, 15) is 14.3 Å². The first-order valence-corrected chi connectivity index (χ1v) is 9.85. The Balaban J connectivity index is 1.85. The molecule has 2 heterocycles. The lowest BCUT2D eigenvalue weighted by Gasteiger charge is -2.27. The topological polar surface area (TPSA) is 120 Å². The molecule has 1 fully saturated rings. The lowest BCUT2D eigenvalue weighted by molar-refractivity contribution is 0.0696. The number of aromatic nitrogens is 3. The van der Waals surface area contributed by atoms with Crippen LogP contribution < -0.4 is 10.6 Å². The van der Waals surface area contributed by atoms with Gasteiger partial charge in [0.2, 0.25) is 5.95 Å².